The number of hydrogen-bond acceptors (Lipinski definition) is 4. The van der Waals surface area contributed by atoms with Gasteiger partial charge in [0, 0.05) is 25.5 Å². The molecule has 6 nitrogen and oxygen atoms in total. The second-order valence-corrected chi connectivity index (χ2v) is 4.68. The monoisotopic (exact) mass is 288 g/mol. The normalized spacial score (nSPS) is 19.9. The summed E-state index contributed by atoms with van der Waals surface area (Å²) in [6.45, 7) is 0.0943. The van der Waals surface area contributed by atoms with Crippen LogP contribution < -0.4 is 11.2 Å². The van der Waals surface area contributed by atoms with E-state index in [1.165, 1.54) is 17.3 Å². The Morgan fingerprint density at radius 1 is 1.45 bits per heavy atom. The lowest BCUT2D eigenvalue weighted by atomic mass is 9.98. The molecule has 20 heavy (non-hydrogen) atoms. The number of nitrogens with zero attached hydrogens (tertiary/aromatic N) is 3. The van der Waals surface area contributed by atoms with Gasteiger partial charge in [0.15, 0.2) is 11.3 Å². The third-order valence-corrected chi connectivity index (χ3v) is 3.32. The van der Waals surface area contributed by atoms with Gasteiger partial charge in [-0.25, -0.2) is 4.98 Å². The summed E-state index contributed by atoms with van der Waals surface area (Å²) in [5.74, 6) is -1.69. The molecule has 0 aromatic carbocycles. The number of nitrogens with one attached hydrogen (secondary N) is 2. The number of alkyl halides is 3. The predicted molar refractivity (Wildman–Crippen MR) is 66.0 cm³/mol. The molecule has 1 aliphatic rings. The van der Waals surface area contributed by atoms with Crippen molar-refractivity contribution in [1.29, 1.82) is 10.8 Å². The zero-order chi connectivity index (χ0) is 14.9. The third kappa shape index (κ3) is 2.75. The molecule has 1 aliphatic heterocycles. The molecule has 2 heterocycles. The fraction of sp³-hybridized carbons (Fsp3) is 0.545. The maximum Gasteiger partial charge on any atom is 0.393 e. The van der Waals surface area contributed by atoms with E-state index >= 15 is 0 Å². The van der Waals surface area contributed by atoms with E-state index in [2.05, 4.69) is 4.98 Å². The number of aromatic nitrogens is 2. The Hall–Kier alpha value is -2.06. The highest BCUT2D eigenvalue weighted by Gasteiger charge is 2.42. The van der Waals surface area contributed by atoms with Crippen LogP contribution in [-0.4, -0.2) is 39.7 Å². The zero-order valence-electron chi connectivity index (χ0n) is 10.6. The number of anilines is 1. The van der Waals surface area contributed by atoms with Crippen LogP contribution in [0, 0.1) is 16.7 Å². The number of piperidine rings is 1. The van der Waals surface area contributed by atoms with Gasteiger partial charge in [-0.1, -0.05) is 0 Å². The van der Waals surface area contributed by atoms with E-state index in [1.54, 1.807) is 0 Å². The van der Waals surface area contributed by atoms with Crippen LogP contribution in [0.5, 0.6) is 0 Å². The Morgan fingerprint density at radius 3 is 2.80 bits per heavy atom. The molecule has 0 saturated carbocycles. The summed E-state index contributed by atoms with van der Waals surface area (Å²) in [5.41, 5.74) is 5.27. The van der Waals surface area contributed by atoms with Gasteiger partial charge in [-0.05, 0) is 12.8 Å². The van der Waals surface area contributed by atoms with Crippen LogP contribution in [0.4, 0.5) is 19.0 Å². The number of hydrogen-bond donors (Lipinski definition) is 3. The first-order valence-electron chi connectivity index (χ1n) is 6.09. The van der Waals surface area contributed by atoms with Crippen molar-refractivity contribution in [2.75, 3.05) is 18.8 Å². The standard InChI is InChI=1S/C11H15F3N6/c12-11(13,14)7-2-1-4-19(6-7)10(17)20-5-3-18-8(15)9(20)16/h3,5,7,16-17H,1-2,4,6H2,(H2,15,18). The van der Waals surface area contributed by atoms with Gasteiger partial charge in [0.1, 0.15) is 0 Å². The van der Waals surface area contributed by atoms with Gasteiger partial charge in [-0.15, -0.1) is 0 Å². The number of halogens is 3. The van der Waals surface area contributed by atoms with Crippen LogP contribution in [0.25, 0.3) is 0 Å². The number of likely N-dealkylation sites (tertiary alicyclic amines) is 1. The van der Waals surface area contributed by atoms with Gasteiger partial charge in [-0.3, -0.25) is 15.4 Å². The van der Waals surface area contributed by atoms with Crippen molar-refractivity contribution in [2.45, 2.75) is 19.0 Å². The molecule has 1 aromatic rings. The van der Waals surface area contributed by atoms with Gasteiger partial charge < -0.3 is 10.6 Å². The Bertz CT molecular complexity index is 564. The van der Waals surface area contributed by atoms with E-state index in [4.69, 9.17) is 16.6 Å². The van der Waals surface area contributed by atoms with Crippen molar-refractivity contribution in [3.05, 3.63) is 17.9 Å². The summed E-state index contributed by atoms with van der Waals surface area (Å²) in [6, 6.07) is 0. The van der Waals surface area contributed by atoms with Gasteiger partial charge in [0.25, 0.3) is 0 Å². The second-order valence-electron chi connectivity index (χ2n) is 4.68. The minimum atomic E-state index is -4.26. The van der Waals surface area contributed by atoms with Gasteiger partial charge in [0.05, 0.1) is 5.92 Å². The Kier molecular flexibility index (Phi) is 3.69. The SMILES string of the molecule is N=C(N1CCCC(C(F)(F)F)C1)n1ccnc(N)c1=N. The molecule has 9 heteroatoms. The summed E-state index contributed by atoms with van der Waals surface area (Å²) in [4.78, 5) is 5.01. The Morgan fingerprint density at radius 2 is 2.15 bits per heavy atom. The van der Waals surface area contributed by atoms with Crippen molar-refractivity contribution in [3.8, 4) is 0 Å². The third-order valence-electron chi connectivity index (χ3n) is 3.32. The van der Waals surface area contributed by atoms with E-state index in [1.807, 2.05) is 0 Å². The molecule has 0 spiro atoms. The molecule has 1 aromatic heterocycles. The summed E-state index contributed by atoms with van der Waals surface area (Å²) >= 11 is 0. The summed E-state index contributed by atoms with van der Waals surface area (Å²) < 4.78 is 39.4. The smallest absolute Gasteiger partial charge is 0.381 e. The quantitative estimate of drug-likeness (QED) is 0.491. The molecular formula is C11H15F3N6. The predicted octanol–water partition coefficient (Wildman–Crippen LogP) is 1.00. The first-order valence-corrected chi connectivity index (χ1v) is 6.09. The molecule has 0 amide bonds. The van der Waals surface area contributed by atoms with Crippen molar-refractivity contribution in [3.63, 3.8) is 0 Å². The van der Waals surface area contributed by atoms with E-state index in [9.17, 15) is 13.2 Å². The molecule has 1 fully saturated rings. The number of rotatable bonds is 0. The second kappa shape index (κ2) is 5.14. The van der Waals surface area contributed by atoms with E-state index in [0.717, 1.165) is 4.57 Å². The zero-order valence-corrected chi connectivity index (χ0v) is 10.6. The van der Waals surface area contributed by atoms with Gasteiger partial charge in [0.2, 0.25) is 5.96 Å². The molecule has 110 valence electrons. The lowest BCUT2D eigenvalue weighted by Crippen LogP contribution is -2.48. The Balaban J connectivity index is 2.21. The number of nitrogen functional groups attached to an aromatic ring is 1. The van der Waals surface area contributed by atoms with Crippen molar-refractivity contribution < 1.29 is 13.2 Å². The van der Waals surface area contributed by atoms with Crippen LogP contribution >= 0.6 is 0 Å². The average molecular weight is 288 g/mol. The minimum Gasteiger partial charge on any atom is -0.381 e. The lowest BCUT2D eigenvalue weighted by Gasteiger charge is -2.35. The van der Waals surface area contributed by atoms with Crippen molar-refractivity contribution in [2.24, 2.45) is 5.92 Å². The van der Waals surface area contributed by atoms with E-state index in [-0.39, 0.29) is 30.2 Å². The minimum absolute atomic E-state index is 0.0679. The van der Waals surface area contributed by atoms with Gasteiger partial charge >= 0.3 is 6.18 Å². The molecule has 0 aliphatic carbocycles. The topological polar surface area (TPSA) is 94.8 Å². The largest absolute Gasteiger partial charge is 0.393 e. The average Bonchev–Trinajstić information content (AvgIpc) is 2.40. The highest BCUT2D eigenvalue weighted by Crippen LogP contribution is 2.33. The van der Waals surface area contributed by atoms with E-state index < -0.39 is 12.1 Å². The van der Waals surface area contributed by atoms with Crippen molar-refractivity contribution >= 4 is 11.8 Å². The summed E-state index contributed by atoms with van der Waals surface area (Å²) in [6.07, 6.45) is -1.17. The highest BCUT2D eigenvalue weighted by molar-refractivity contribution is 5.79. The van der Waals surface area contributed by atoms with Crippen molar-refractivity contribution in [1.82, 2.24) is 14.5 Å². The van der Waals surface area contributed by atoms with Crippen LogP contribution in [-0.2, 0) is 0 Å². The molecule has 1 atom stereocenters. The van der Waals surface area contributed by atoms with Crippen LogP contribution in [0.15, 0.2) is 12.4 Å². The molecule has 2 rings (SSSR count). The first kappa shape index (κ1) is 14.4. The molecule has 0 bridgehead atoms. The highest BCUT2D eigenvalue weighted by atomic mass is 19.4. The van der Waals surface area contributed by atoms with Gasteiger partial charge in [-0.2, -0.15) is 13.2 Å². The maximum atomic E-state index is 12.8. The maximum absolute atomic E-state index is 12.8. The summed E-state index contributed by atoms with van der Waals surface area (Å²) in [7, 11) is 0. The fourth-order valence-electron chi connectivity index (χ4n) is 2.20. The molecular weight excluding hydrogens is 273 g/mol. The molecule has 1 saturated heterocycles. The van der Waals surface area contributed by atoms with Crippen LogP contribution in [0.3, 0.4) is 0 Å². The number of nitrogens with two attached hydrogens (primary N) is 1. The molecule has 4 N–H and O–H groups in total. The molecule has 1 unspecified atom stereocenters. The first-order chi connectivity index (χ1) is 9.30. The van der Waals surface area contributed by atoms with Crippen LogP contribution in [0.2, 0.25) is 0 Å². The van der Waals surface area contributed by atoms with Crippen LogP contribution in [0.1, 0.15) is 12.8 Å². The molecule has 0 radical (unpaired) electrons. The fourth-order valence-corrected chi connectivity index (χ4v) is 2.20. The summed E-state index contributed by atoms with van der Waals surface area (Å²) in [5, 5.41) is 15.7. The lowest BCUT2D eigenvalue weighted by molar-refractivity contribution is -0.183. The Labute approximate surface area is 113 Å². The van der Waals surface area contributed by atoms with E-state index in [0.29, 0.717) is 13.0 Å².